The Hall–Kier alpha value is -2.73. The molecular weight excluding hydrogens is 318 g/mol. The molecule has 1 unspecified atom stereocenters. The van der Waals surface area contributed by atoms with E-state index in [1.165, 1.54) is 6.92 Å². The third-order valence-corrected chi connectivity index (χ3v) is 4.06. The molecule has 1 fully saturated rings. The molecule has 0 aliphatic carbocycles. The quantitative estimate of drug-likeness (QED) is 0.791. The van der Waals surface area contributed by atoms with E-state index >= 15 is 0 Å². The maximum atomic E-state index is 12.2. The van der Waals surface area contributed by atoms with Gasteiger partial charge in [0.15, 0.2) is 5.78 Å². The van der Waals surface area contributed by atoms with Crippen LogP contribution in [-0.4, -0.2) is 35.9 Å². The molecule has 0 bridgehead atoms. The molecule has 25 heavy (non-hydrogen) atoms. The number of benzene rings is 1. The fourth-order valence-electron chi connectivity index (χ4n) is 2.72. The molecule has 1 aromatic carbocycles. The minimum absolute atomic E-state index is 0.00702. The second kappa shape index (κ2) is 7.90. The molecule has 130 valence electrons. The van der Waals surface area contributed by atoms with Crippen LogP contribution in [0.4, 0.5) is 11.4 Å². The number of nitrogens with one attached hydrogen (secondary N) is 2. The van der Waals surface area contributed by atoms with E-state index in [4.69, 9.17) is 4.74 Å². The molecule has 2 aromatic rings. The third kappa shape index (κ3) is 4.64. The van der Waals surface area contributed by atoms with Crippen LogP contribution in [0, 0.1) is 0 Å². The van der Waals surface area contributed by atoms with Gasteiger partial charge in [-0.25, -0.2) is 0 Å². The van der Waals surface area contributed by atoms with Crippen molar-refractivity contribution in [2.24, 2.45) is 0 Å². The maximum absolute atomic E-state index is 12.2. The van der Waals surface area contributed by atoms with Crippen LogP contribution in [-0.2, 0) is 4.74 Å². The minimum Gasteiger partial charge on any atom is -0.376 e. The highest BCUT2D eigenvalue weighted by atomic mass is 16.5. The first-order chi connectivity index (χ1) is 12.1. The summed E-state index contributed by atoms with van der Waals surface area (Å²) in [5, 5.41) is 6.05. The van der Waals surface area contributed by atoms with E-state index in [0.717, 1.165) is 30.8 Å². The minimum atomic E-state index is -0.225. The van der Waals surface area contributed by atoms with E-state index in [0.29, 0.717) is 17.8 Å². The number of ether oxygens (including phenoxy) is 1. The van der Waals surface area contributed by atoms with Crippen LogP contribution in [0.2, 0.25) is 0 Å². The fraction of sp³-hybridized carbons (Fsp3) is 0.316. The normalized spacial score (nSPS) is 16.4. The molecule has 3 rings (SSSR count). The van der Waals surface area contributed by atoms with Crippen molar-refractivity contribution in [2.75, 3.05) is 18.5 Å². The summed E-state index contributed by atoms with van der Waals surface area (Å²) >= 11 is 0. The number of hydrogen-bond donors (Lipinski definition) is 2. The monoisotopic (exact) mass is 339 g/mol. The average Bonchev–Trinajstić information content (AvgIpc) is 3.13. The van der Waals surface area contributed by atoms with Crippen molar-refractivity contribution in [3.8, 4) is 0 Å². The van der Waals surface area contributed by atoms with Crippen LogP contribution in [0.3, 0.4) is 0 Å². The largest absolute Gasteiger partial charge is 0.376 e. The van der Waals surface area contributed by atoms with Crippen molar-refractivity contribution in [3.05, 3.63) is 53.9 Å². The molecule has 1 aliphatic heterocycles. The molecule has 0 radical (unpaired) electrons. The summed E-state index contributed by atoms with van der Waals surface area (Å²) < 4.78 is 5.50. The predicted molar refractivity (Wildman–Crippen MR) is 95.3 cm³/mol. The molecule has 1 amide bonds. The van der Waals surface area contributed by atoms with E-state index in [9.17, 15) is 9.59 Å². The van der Waals surface area contributed by atoms with Crippen LogP contribution in [0.1, 0.15) is 40.6 Å². The second-order valence-electron chi connectivity index (χ2n) is 6.04. The number of carbonyl (C=O) groups is 2. The van der Waals surface area contributed by atoms with E-state index in [2.05, 4.69) is 15.6 Å². The Kier molecular flexibility index (Phi) is 5.40. The van der Waals surface area contributed by atoms with Crippen molar-refractivity contribution in [1.29, 1.82) is 0 Å². The summed E-state index contributed by atoms with van der Waals surface area (Å²) in [4.78, 5) is 27.8. The van der Waals surface area contributed by atoms with E-state index in [-0.39, 0.29) is 17.8 Å². The van der Waals surface area contributed by atoms with Crippen molar-refractivity contribution in [3.63, 3.8) is 0 Å². The molecule has 1 saturated heterocycles. The predicted octanol–water partition coefficient (Wildman–Crippen LogP) is 2.94. The number of carbonyl (C=O) groups excluding carboxylic acids is 2. The lowest BCUT2D eigenvalue weighted by Gasteiger charge is -2.11. The third-order valence-electron chi connectivity index (χ3n) is 4.06. The van der Waals surface area contributed by atoms with Crippen LogP contribution in [0.5, 0.6) is 0 Å². The molecular formula is C19H21N3O3. The summed E-state index contributed by atoms with van der Waals surface area (Å²) in [6.45, 7) is 2.79. The maximum Gasteiger partial charge on any atom is 0.270 e. The first-order valence-corrected chi connectivity index (χ1v) is 8.36. The highest BCUT2D eigenvalue weighted by Gasteiger charge is 2.17. The molecule has 0 spiro atoms. The Balaban J connectivity index is 1.65. The molecule has 6 nitrogen and oxygen atoms in total. The Morgan fingerprint density at radius 1 is 1.24 bits per heavy atom. The van der Waals surface area contributed by atoms with E-state index < -0.39 is 0 Å². The zero-order valence-electron chi connectivity index (χ0n) is 14.1. The van der Waals surface area contributed by atoms with Crippen molar-refractivity contribution in [2.45, 2.75) is 25.9 Å². The molecule has 6 heteroatoms. The van der Waals surface area contributed by atoms with Gasteiger partial charge in [-0.3, -0.25) is 14.6 Å². The lowest BCUT2D eigenvalue weighted by Crippen LogP contribution is -2.32. The Morgan fingerprint density at radius 2 is 2.08 bits per heavy atom. The Bertz CT molecular complexity index is 770. The van der Waals surface area contributed by atoms with Gasteiger partial charge >= 0.3 is 0 Å². The number of rotatable bonds is 6. The smallest absolute Gasteiger partial charge is 0.270 e. The number of aromatic nitrogens is 1. The summed E-state index contributed by atoms with van der Waals surface area (Å²) in [7, 11) is 0. The molecule has 2 heterocycles. The summed E-state index contributed by atoms with van der Waals surface area (Å²) in [5.41, 5.74) is 2.49. The Morgan fingerprint density at radius 3 is 2.84 bits per heavy atom. The summed E-state index contributed by atoms with van der Waals surface area (Å²) in [6.07, 6.45) is 3.69. The highest BCUT2D eigenvalue weighted by molar-refractivity contribution is 5.95. The zero-order valence-corrected chi connectivity index (χ0v) is 14.1. The lowest BCUT2D eigenvalue weighted by molar-refractivity contribution is 0.0853. The van der Waals surface area contributed by atoms with Crippen molar-refractivity contribution < 1.29 is 14.3 Å². The second-order valence-corrected chi connectivity index (χ2v) is 6.04. The zero-order chi connectivity index (χ0) is 17.6. The van der Waals surface area contributed by atoms with Gasteiger partial charge in [-0.2, -0.15) is 0 Å². The van der Waals surface area contributed by atoms with Gasteiger partial charge in [-0.05, 0) is 44.0 Å². The van der Waals surface area contributed by atoms with Gasteiger partial charge in [-0.1, -0.05) is 12.1 Å². The number of anilines is 2. The fourth-order valence-corrected chi connectivity index (χ4v) is 2.72. The van der Waals surface area contributed by atoms with Gasteiger partial charge in [0.1, 0.15) is 5.69 Å². The summed E-state index contributed by atoms with van der Waals surface area (Å²) in [6, 6.07) is 10.7. The van der Waals surface area contributed by atoms with Crippen molar-refractivity contribution >= 4 is 23.1 Å². The van der Waals surface area contributed by atoms with Crippen LogP contribution >= 0.6 is 0 Å². The first-order valence-electron chi connectivity index (χ1n) is 8.36. The van der Waals surface area contributed by atoms with Gasteiger partial charge in [0.05, 0.1) is 6.10 Å². The average molecular weight is 339 g/mol. The van der Waals surface area contributed by atoms with Gasteiger partial charge in [0.2, 0.25) is 0 Å². The number of nitrogens with zero attached hydrogens (tertiary/aromatic N) is 1. The van der Waals surface area contributed by atoms with Gasteiger partial charge in [0.25, 0.3) is 5.91 Å². The highest BCUT2D eigenvalue weighted by Crippen LogP contribution is 2.18. The number of ketones is 1. The van der Waals surface area contributed by atoms with Crippen LogP contribution in [0.15, 0.2) is 42.6 Å². The molecule has 2 N–H and O–H groups in total. The number of hydrogen-bond acceptors (Lipinski definition) is 5. The van der Waals surface area contributed by atoms with Crippen molar-refractivity contribution in [1.82, 2.24) is 10.3 Å². The number of pyridine rings is 1. The SMILES string of the molecule is CC(=O)c1cccc(Nc2ccnc(C(=O)NCC3CCCO3)c2)c1. The Labute approximate surface area is 146 Å². The van der Waals surface area contributed by atoms with Crippen LogP contribution < -0.4 is 10.6 Å². The van der Waals surface area contributed by atoms with E-state index in [1.54, 1.807) is 30.5 Å². The molecule has 1 atom stereocenters. The first kappa shape index (κ1) is 17.1. The van der Waals surface area contributed by atoms with E-state index in [1.807, 2.05) is 12.1 Å². The number of Topliss-reactive ketones (excluding diaryl/α,β-unsaturated/α-hetero) is 1. The summed E-state index contributed by atoms with van der Waals surface area (Å²) in [5.74, 6) is -0.218. The molecule has 0 saturated carbocycles. The standard InChI is InChI=1S/C19H21N3O3/c1-13(23)14-4-2-5-15(10-14)22-16-7-8-20-18(11-16)19(24)21-12-17-6-3-9-25-17/h2,4-5,7-8,10-11,17H,3,6,9,12H2,1H3,(H,20,22)(H,21,24). The molecule has 1 aliphatic rings. The number of amides is 1. The van der Waals surface area contributed by atoms with Gasteiger partial charge in [0, 0.05) is 36.3 Å². The topological polar surface area (TPSA) is 80.3 Å². The van der Waals surface area contributed by atoms with Gasteiger partial charge < -0.3 is 15.4 Å². The lowest BCUT2D eigenvalue weighted by atomic mass is 10.1. The van der Waals surface area contributed by atoms with Crippen LogP contribution in [0.25, 0.3) is 0 Å². The molecule has 1 aromatic heterocycles. The van der Waals surface area contributed by atoms with Gasteiger partial charge in [-0.15, -0.1) is 0 Å².